The molecule has 0 aromatic heterocycles. The number of phenolic OH excluding ortho intramolecular Hbond substituents is 2. The predicted molar refractivity (Wildman–Crippen MR) is 135 cm³/mol. The number of esters is 1. The molecular weight excluding hydrogens is 600 g/mol. The quantitative estimate of drug-likeness (QED) is 0.284. The van der Waals surface area contributed by atoms with E-state index in [0.717, 1.165) is 18.2 Å². The first kappa shape index (κ1) is 25.6. The van der Waals surface area contributed by atoms with Crippen molar-refractivity contribution in [2.75, 3.05) is 0 Å². The van der Waals surface area contributed by atoms with Crippen LogP contribution in [0.3, 0.4) is 0 Å². The Kier molecular flexibility index (Phi) is 5.67. The van der Waals surface area contributed by atoms with Gasteiger partial charge >= 0.3 is 11.9 Å². The van der Waals surface area contributed by atoms with E-state index < -0.39 is 34.9 Å². The van der Waals surface area contributed by atoms with Crippen molar-refractivity contribution in [3.05, 3.63) is 78.2 Å². The summed E-state index contributed by atoms with van der Waals surface area (Å²) in [7, 11) is 0. The maximum absolute atomic E-state index is 13.3. The monoisotopic (exact) mass is 609 g/mol. The van der Waals surface area contributed by atoms with Crippen LogP contribution in [0.15, 0.2) is 30.3 Å². The van der Waals surface area contributed by atoms with E-state index in [0.29, 0.717) is 5.06 Å². The molecule has 10 nitrogen and oxygen atoms in total. The molecule has 39 heavy (non-hydrogen) atoms. The standard InChI is InChI=1S/C25H11Cl4NO9/c26-11-4-9-16(6-14(11)31)37-17-7-15(32)12(27)5-10(17)25(9)21-20(24(36)38-25)13(28)3-8(22(21)29)23(35)39-30-18(33)1-2-19(30)34/h3-7,31-32H,1-2H2. The van der Waals surface area contributed by atoms with Crippen LogP contribution >= 0.6 is 46.4 Å². The van der Waals surface area contributed by atoms with Crippen LogP contribution in [0, 0.1) is 0 Å². The van der Waals surface area contributed by atoms with Crippen LogP contribution in [0.5, 0.6) is 23.0 Å². The van der Waals surface area contributed by atoms with Gasteiger partial charge in [-0.15, -0.1) is 5.06 Å². The first-order valence-electron chi connectivity index (χ1n) is 11.0. The third-order valence-electron chi connectivity index (χ3n) is 6.49. The zero-order chi connectivity index (χ0) is 28.0. The van der Waals surface area contributed by atoms with E-state index in [-0.39, 0.29) is 78.2 Å². The number of carbonyl (C=O) groups is 4. The Bertz CT molecular complexity index is 1630. The lowest BCUT2D eigenvalue weighted by molar-refractivity contribution is -0.172. The number of fused-ring (bicyclic) bond motifs is 6. The first-order valence-corrected chi connectivity index (χ1v) is 12.5. The van der Waals surface area contributed by atoms with Crippen molar-refractivity contribution in [2.45, 2.75) is 18.4 Å². The second kappa shape index (κ2) is 8.65. The Hall–Kier alpha value is -3.70. The maximum atomic E-state index is 13.3. The lowest BCUT2D eigenvalue weighted by atomic mass is 9.77. The SMILES string of the molecule is O=C(ON1C(=O)CCC1=O)c1cc(Cl)c2c(c1Cl)C1(OC2=O)c2cc(Cl)c(O)cc2Oc2cc(O)c(Cl)cc21. The molecule has 0 bridgehead atoms. The molecule has 0 saturated carbocycles. The Labute approximate surface area is 238 Å². The minimum absolute atomic E-state index is 0.0276. The molecule has 2 amide bonds. The third kappa shape index (κ3) is 3.56. The van der Waals surface area contributed by atoms with Gasteiger partial charge in [0, 0.05) is 41.7 Å². The molecule has 2 N–H and O–H groups in total. The largest absolute Gasteiger partial charge is 0.506 e. The number of nitrogens with zero attached hydrogens (tertiary/aromatic N) is 1. The molecule has 0 aliphatic carbocycles. The summed E-state index contributed by atoms with van der Waals surface area (Å²) >= 11 is 25.6. The topological polar surface area (TPSA) is 140 Å². The number of hydrogen-bond donors (Lipinski definition) is 2. The number of aromatic hydroxyl groups is 2. The molecule has 3 heterocycles. The molecule has 1 fully saturated rings. The summed E-state index contributed by atoms with van der Waals surface area (Å²) in [5.74, 6) is -4.36. The zero-order valence-corrected chi connectivity index (χ0v) is 22.0. The van der Waals surface area contributed by atoms with Crippen LogP contribution in [-0.4, -0.2) is 39.0 Å². The average molecular weight is 611 g/mol. The summed E-state index contributed by atoms with van der Waals surface area (Å²) in [4.78, 5) is 55.4. The highest BCUT2D eigenvalue weighted by Gasteiger charge is 2.57. The number of benzene rings is 3. The molecule has 3 aliphatic heterocycles. The van der Waals surface area contributed by atoms with Crippen molar-refractivity contribution in [3.63, 3.8) is 0 Å². The number of hydrogen-bond acceptors (Lipinski definition) is 9. The van der Waals surface area contributed by atoms with Crippen LogP contribution in [0.2, 0.25) is 20.1 Å². The summed E-state index contributed by atoms with van der Waals surface area (Å²) in [6.45, 7) is 0. The molecular formula is C25H11Cl4NO9. The summed E-state index contributed by atoms with van der Waals surface area (Å²) in [6.07, 6.45) is -0.268. The molecule has 14 heteroatoms. The van der Waals surface area contributed by atoms with Crippen molar-refractivity contribution in [3.8, 4) is 23.0 Å². The van der Waals surface area contributed by atoms with E-state index in [1.807, 2.05) is 0 Å². The molecule has 6 rings (SSSR count). The van der Waals surface area contributed by atoms with Crippen molar-refractivity contribution in [2.24, 2.45) is 0 Å². The zero-order valence-electron chi connectivity index (χ0n) is 19.0. The fourth-order valence-electron chi connectivity index (χ4n) is 4.78. The van der Waals surface area contributed by atoms with Crippen LogP contribution in [0.25, 0.3) is 0 Å². The number of halogens is 4. The van der Waals surface area contributed by atoms with E-state index in [2.05, 4.69) is 0 Å². The van der Waals surface area contributed by atoms with Crippen molar-refractivity contribution in [1.29, 1.82) is 0 Å². The third-order valence-corrected chi connectivity index (χ3v) is 7.79. The highest BCUT2D eigenvalue weighted by Crippen LogP contribution is 2.61. The van der Waals surface area contributed by atoms with Crippen LogP contribution in [0.4, 0.5) is 0 Å². The van der Waals surface area contributed by atoms with Crippen molar-refractivity contribution >= 4 is 70.2 Å². The van der Waals surface area contributed by atoms with Gasteiger partial charge in [0.15, 0.2) is 5.60 Å². The number of imide groups is 1. The van der Waals surface area contributed by atoms with Crippen LogP contribution in [-0.2, 0) is 24.8 Å². The molecule has 3 aromatic rings. The van der Waals surface area contributed by atoms with Gasteiger partial charge in [0.1, 0.15) is 23.0 Å². The normalized spacial score (nSPS) is 16.5. The second-order valence-corrected chi connectivity index (χ2v) is 10.3. The summed E-state index contributed by atoms with van der Waals surface area (Å²) in [5, 5.41) is 19.9. The Morgan fingerprint density at radius 2 is 1.38 bits per heavy atom. The number of ether oxygens (including phenoxy) is 2. The molecule has 0 radical (unpaired) electrons. The first-order chi connectivity index (χ1) is 18.4. The van der Waals surface area contributed by atoms with E-state index in [9.17, 15) is 29.4 Å². The van der Waals surface area contributed by atoms with Gasteiger partial charge in [-0.3, -0.25) is 9.59 Å². The molecule has 0 unspecified atom stereocenters. The van der Waals surface area contributed by atoms with Gasteiger partial charge in [0.25, 0.3) is 11.8 Å². The maximum Gasteiger partial charge on any atom is 0.365 e. The smallest absolute Gasteiger partial charge is 0.365 e. The van der Waals surface area contributed by atoms with Crippen molar-refractivity contribution in [1.82, 2.24) is 5.06 Å². The molecule has 1 spiro atoms. The summed E-state index contributed by atoms with van der Waals surface area (Å²) in [5.41, 5.74) is -2.55. The van der Waals surface area contributed by atoms with E-state index >= 15 is 0 Å². The van der Waals surface area contributed by atoms with E-state index in [4.69, 9.17) is 60.7 Å². The Balaban J connectivity index is 1.64. The fourth-order valence-corrected chi connectivity index (χ4v) is 5.75. The Morgan fingerprint density at radius 1 is 0.846 bits per heavy atom. The summed E-state index contributed by atoms with van der Waals surface area (Å²) < 4.78 is 11.8. The fraction of sp³-hybridized carbons (Fsp3) is 0.120. The van der Waals surface area contributed by atoms with E-state index in [1.54, 1.807) is 0 Å². The molecule has 3 aromatic carbocycles. The minimum atomic E-state index is -1.99. The average Bonchev–Trinajstić information content (AvgIpc) is 3.36. The highest BCUT2D eigenvalue weighted by atomic mass is 35.5. The lowest BCUT2D eigenvalue weighted by Gasteiger charge is -2.37. The van der Waals surface area contributed by atoms with Gasteiger partial charge in [-0.05, 0) is 18.2 Å². The molecule has 1 saturated heterocycles. The molecule has 198 valence electrons. The van der Waals surface area contributed by atoms with Gasteiger partial charge in [0.2, 0.25) is 0 Å². The van der Waals surface area contributed by atoms with Gasteiger partial charge in [-0.1, -0.05) is 46.4 Å². The number of carbonyl (C=O) groups excluding carboxylic acids is 4. The van der Waals surface area contributed by atoms with Crippen LogP contribution in [0.1, 0.15) is 50.2 Å². The lowest BCUT2D eigenvalue weighted by Crippen LogP contribution is -2.34. The number of phenols is 2. The van der Waals surface area contributed by atoms with Gasteiger partial charge in [0.05, 0.1) is 31.2 Å². The Morgan fingerprint density at radius 3 is 1.92 bits per heavy atom. The minimum Gasteiger partial charge on any atom is -0.506 e. The number of rotatable bonds is 2. The van der Waals surface area contributed by atoms with Gasteiger partial charge in [-0.2, -0.15) is 0 Å². The van der Waals surface area contributed by atoms with Crippen LogP contribution < -0.4 is 4.74 Å². The molecule has 0 atom stereocenters. The number of hydroxylamine groups is 2. The van der Waals surface area contributed by atoms with Gasteiger partial charge in [-0.25, -0.2) is 9.59 Å². The van der Waals surface area contributed by atoms with Gasteiger partial charge < -0.3 is 24.5 Å². The summed E-state index contributed by atoms with van der Waals surface area (Å²) in [6, 6.07) is 5.92. The predicted octanol–water partition coefficient (Wildman–Crippen LogP) is 5.50. The molecule has 3 aliphatic rings. The second-order valence-electron chi connectivity index (χ2n) is 8.70. The van der Waals surface area contributed by atoms with Crippen molar-refractivity contribution < 1.29 is 43.7 Å². The highest BCUT2D eigenvalue weighted by molar-refractivity contribution is 6.39. The van der Waals surface area contributed by atoms with E-state index in [1.165, 1.54) is 12.1 Å². The number of amides is 2.